The van der Waals surface area contributed by atoms with E-state index in [4.69, 9.17) is 15.2 Å². The Bertz CT molecular complexity index is 1120. The van der Waals surface area contributed by atoms with Gasteiger partial charge in [0.1, 0.15) is 5.69 Å². The van der Waals surface area contributed by atoms with Crippen LogP contribution in [0, 0.1) is 0 Å². The lowest BCUT2D eigenvalue weighted by molar-refractivity contribution is 0.0698. The van der Waals surface area contributed by atoms with Gasteiger partial charge in [0.2, 0.25) is 0 Å². The molecule has 1 unspecified atom stereocenters. The molecule has 4 heterocycles. The lowest BCUT2D eigenvalue weighted by Gasteiger charge is -2.31. The van der Waals surface area contributed by atoms with Crippen LogP contribution < -0.4 is 15.2 Å². The molecule has 2 aliphatic heterocycles. The van der Waals surface area contributed by atoms with Gasteiger partial charge in [-0.2, -0.15) is 0 Å². The molecule has 6 nitrogen and oxygen atoms in total. The summed E-state index contributed by atoms with van der Waals surface area (Å²) in [7, 11) is 3.31. The molecule has 3 aromatic rings. The van der Waals surface area contributed by atoms with Gasteiger partial charge in [-0.05, 0) is 54.5 Å². The number of amides is 1. The Hall–Kier alpha value is -2.77. The van der Waals surface area contributed by atoms with Gasteiger partial charge in [-0.25, -0.2) is 0 Å². The average molecular weight is 438 g/mol. The number of methoxy groups -OCH3 is 2. The largest absolute Gasteiger partial charge is 0.493 e. The summed E-state index contributed by atoms with van der Waals surface area (Å²) in [5, 5.41) is 2.07. The van der Waals surface area contributed by atoms with E-state index < -0.39 is 0 Å². The van der Waals surface area contributed by atoms with Crippen molar-refractivity contribution in [3.63, 3.8) is 0 Å². The maximum Gasteiger partial charge on any atom is 0.270 e. The Kier molecular flexibility index (Phi) is 5.24. The molecule has 0 aliphatic carbocycles. The number of carbonyl (C=O) groups is 1. The van der Waals surface area contributed by atoms with Gasteiger partial charge in [0.05, 0.1) is 19.9 Å². The smallest absolute Gasteiger partial charge is 0.270 e. The minimum absolute atomic E-state index is 0.0581. The highest BCUT2D eigenvalue weighted by Gasteiger charge is 2.31. The van der Waals surface area contributed by atoms with Gasteiger partial charge < -0.3 is 24.7 Å². The van der Waals surface area contributed by atoms with E-state index in [-0.39, 0.29) is 11.9 Å². The van der Waals surface area contributed by atoms with Crippen LogP contribution >= 0.6 is 11.3 Å². The van der Waals surface area contributed by atoms with Crippen LogP contribution in [0.25, 0.3) is 21.7 Å². The number of nitrogens with zero attached hydrogens (tertiary/aromatic N) is 2. The predicted octanol–water partition coefficient (Wildman–Crippen LogP) is 4.02. The molecule has 1 fully saturated rings. The Balaban J connectivity index is 1.67. The molecule has 5 rings (SSSR count). The summed E-state index contributed by atoms with van der Waals surface area (Å²) in [5.41, 5.74) is 11.4. The molecule has 2 aliphatic rings. The van der Waals surface area contributed by atoms with Crippen LogP contribution in [0.3, 0.4) is 0 Å². The molecule has 0 bridgehead atoms. The van der Waals surface area contributed by atoms with Crippen LogP contribution in [0.4, 0.5) is 0 Å². The maximum absolute atomic E-state index is 13.5. The molecule has 31 heavy (non-hydrogen) atoms. The van der Waals surface area contributed by atoms with Crippen molar-refractivity contribution in [1.29, 1.82) is 0 Å². The average Bonchev–Trinajstić information content (AvgIpc) is 3.45. The summed E-state index contributed by atoms with van der Waals surface area (Å²) in [6.07, 6.45) is 2.77. The maximum atomic E-state index is 13.5. The third kappa shape index (κ3) is 3.42. The first kappa shape index (κ1) is 20.2. The molecule has 2 N–H and O–H groups in total. The molecule has 162 valence electrons. The summed E-state index contributed by atoms with van der Waals surface area (Å²) in [6, 6.07) is 10.4. The van der Waals surface area contributed by atoms with Crippen LogP contribution in [0.2, 0.25) is 0 Å². The number of ether oxygens (including phenoxy) is 2. The summed E-state index contributed by atoms with van der Waals surface area (Å²) in [4.78, 5) is 16.6. The number of fused-ring (bicyclic) bond motifs is 3. The van der Waals surface area contributed by atoms with Crippen molar-refractivity contribution in [3.8, 4) is 33.2 Å². The molecule has 7 heteroatoms. The summed E-state index contributed by atoms with van der Waals surface area (Å²) in [5.74, 6) is 1.50. The zero-order valence-corrected chi connectivity index (χ0v) is 18.7. The number of piperidine rings is 1. The van der Waals surface area contributed by atoms with Crippen LogP contribution in [0.5, 0.6) is 11.5 Å². The van der Waals surface area contributed by atoms with Crippen molar-refractivity contribution in [2.24, 2.45) is 5.73 Å². The number of benzene rings is 1. The summed E-state index contributed by atoms with van der Waals surface area (Å²) < 4.78 is 13.3. The summed E-state index contributed by atoms with van der Waals surface area (Å²) >= 11 is 1.69. The third-order valence-electron chi connectivity index (χ3n) is 6.32. The van der Waals surface area contributed by atoms with E-state index in [1.54, 1.807) is 25.6 Å². The lowest BCUT2D eigenvalue weighted by atomic mass is 9.95. The quantitative estimate of drug-likeness (QED) is 0.669. The van der Waals surface area contributed by atoms with E-state index in [0.29, 0.717) is 12.3 Å². The van der Waals surface area contributed by atoms with Crippen LogP contribution in [0.1, 0.15) is 28.9 Å². The highest BCUT2D eigenvalue weighted by molar-refractivity contribution is 7.13. The number of likely N-dealkylation sites (tertiary alicyclic amines) is 1. The zero-order valence-electron chi connectivity index (χ0n) is 17.9. The first-order chi connectivity index (χ1) is 15.1. The van der Waals surface area contributed by atoms with E-state index in [1.807, 2.05) is 17.0 Å². The number of carbonyl (C=O) groups excluding carboxylic acids is 1. The predicted molar refractivity (Wildman–Crippen MR) is 123 cm³/mol. The van der Waals surface area contributed by atoms with E-state index in [0.717, 1.165) is 65.5 Å². The van der Waals surface area contributed by atoms with Crippen molar-refractivity contribution in [3.05, 3.63) is 47.0 Å². The Morgan fingerprint density at radius 2 is 1.94 bits per heavy atom. The molecule has 0 radical (unpaired) electrons. The highest BCUT2D eigenvalue weighted by Crippen LogP contribution is 2.45. The van der Waals surface area contributed by atoms with Gasteiger partial charge in [-0.1, -0.05) is 6.07 Å². The number of hydrogen-bond donors (Lipinski definition) is 1. The van der Waals surface area contributed by atoms with E-state index in [2.05, 4.69) is 28.1 Å². The van der Waals surface area contributed by atoms with Crippen molar-refractivity contribution >= 4 is 17.2 Å². The van der Waals surface area contributed by atoms with Crippen molar-refractivity contribution in [1.82, 2.24) is 9.47 Å². The molecule has 1 atom stereocenters. The molecule has 1 saturated heterocycles. The topological polar surface area (TPSA) is 69.7 Å². The van der Waals surface area contributed by atoms with Gasteiger partial charge in [-0.15, -0.1) is 11.3 Å². The molecule has 0 saturated carbocycles. The fraction of sp³-hybridized carbons (Fsp3) is 0.375. The van der Waals surface area contributed by atoms with Crippen LogP contribution in [-0.2, 0) is 13.0 Å². The van der Waals surface area contributed by atoms with Crippen molar-refractivity contribution in [2.75, 3.05) is 27.3 Å². The Morgan fingerprint density at radius 1 is 1.13 bits per heavy atom. The monoisotopic (exact) mass is 437 g/mol. The van der Waals surface area contributed by atoms with Crippen LogP contribution in [-0.4, -0.2) is 48.7 Å². The number of aryl methyl sites for hydroxylation is 1. The second kappa shape index (κ2) is 8.05. The molecular weight excluding hydrogens is 410 g/mol. The number of aromatic nitrogens is 1. The molecular formula is C24H27N3O3S. The van der Waals surface area contributed by atoms with E-state index in [1.165, 1.54) is 5.56 Å². The highest BCUT2D eigenvalue weighted by atomic mass is 32.1. The second-order valence-electron chi connectivity index (χ2n) is 8.19. The fourth-order valence-electron chi connectivity index (χ4n) is 4.81. The van der Waals surface area contributed by atoms with E-state index in [9.17, 15) is 4.79 Å². The second-order valence-corrected chi connectivity index (χ2v) is 9.14. The Labute approximate surface area is 186 Å². The third-order valence-corrected chi connectivity index (χ3v) is 7.22. The molecule has 2 aromatic heterocycles. The van der Waals surface area contributed by atoms with Gasteiger partial charge in [0.25, 0.3) is 5.91 Å². The number of hydrogen-bond acceptors (Lipinski definition) is 5. The first-order valence-corrected chi connectivity index (χ1v) is 11.6. The Morgan fingerprint density at radius 3 is 2.65 bits per heavy atom. The number of thiophene rings is 1. The van der Waals surface area contributed by atoms with Gasteiger partial charge in [0.15, 0.2) is 11.5 Å². The zero-order chi connectivity index (χ0) is 21.5. The SMILES string of the molecule is COc1cc2c(cc1OC)-c1c(-c3cccs3)cc(C(=O)N3CCCC(N)C3)n1CC2. The van der Waals surface area contributed by atoms with Gasteiger partial charge in [0, 0.05) is 41.7 Å². The normalized spacial score (nSPS) is 17.8. The first-order valence-electron chi connectivity index (χ1n) is 10.7. The molecule has 0 spiro atoms. The van der Waals surface area contributed by atoms with Crippen molar-refractivity contribution < 1.29 is 14.3 Å². The molecule has 1 amide bonds. The van der Waals surface area contributed by atoms with Gasteiger partial charge >= 0.3 is 0 Å². The molecule has 1 aromatic carbocycles. The summed E-state index contributed by atoms with van der Waals surface area (Å²) in [6.45, 7) is 2.14. The van der Waals surface area contributed by atoms with Crippen LogP contribution in [0.15, 0.2) is 35.7 Å². The minimum atomic E-state index is 0.0581. The standard InChI is InChI=1S/C24H27N3O3S/c1-29-20-11-15-7-9-27-19(24(28)26-8-3-5-16(25)14-26)12-18(22-6-4-10-31-22)23(27)17(15)13-21(20)30-2/h4,6,10-13,16H,3,5,7-9,14,25H2,1-2H3. The van der Waals surface area contributed by atoms with Gasteiger partial charge in [-0.3, -0.25) is 4.79 Å². The number of nitrogens with two attached hydrogens (primary N) is 1. The van der Waals surface area contributed by atoms with E-state index >= 15 is 0 Å². The lowest BCUT2D eigenvalue weighted by Crippen LogP contribution is -2.46. The fourth-order valence-corrected chi connectivity index (χ4v) is 5.55. The minimum Gasteiger partial charge on any atom is -0.493 e. The van der Waals surface area contributed by atoms with Crippen molar-refractivity contribution in [2.45, 2.75) is 31.8 Å². The number of rotatable bonds is 4.